The van der Waals surface area contributed by atoms with Crippen LogP contribution in [0.1, 0.15) is 57.8 Å². The molecule has 4 N–H and O–H groups in total. The third-order valence-electron chi connectivity index (χ3n) is 8.83. The van der Waals surface area contributed by atoms with Crippen molar-refractivity contribution in [3.8, 4) is 5.75 Å². The van der Waals surface area contributed by atoms with Crippen LogP contribution in [0.15, 0.2) is 72.8 Å². The second-order valence-electron chi connectivity index (χ2n) is 13.6. The van der Waals surface area contributed by atoms with Crippen LogP contribution in [0.2, 0.25) is 5.02 Å². The number of nitrogens with zero attached hydrogens (tertiary/aromatic N) is 1. The molecular weight excluding hydrogens is 660 g/mol. The summed E-state index contributed by atoms with van der Waals surface area (Å²) in [6, 6.07) is 12.9. The van der Waals surface area contributed by atoms with E-state index in [9.17, 15) is 24.3 Å². The molecule has 0 radical (unpaired) electrons. The summed E-state index contributed by atoms with van der Waals surface area (Å²) in [6.45, 7) is 7.12. The standard InChI is InChI=1S/C38H51ClN4O7/c1-24(33-34(50-33)27-14-9-8-10-15-27)13-11-12-16-32(44)41-30(22-26-18-20-31(49-7)28(39)21-26)35(45)40-23-38(3,4)37(48)42-29(36(46)47)19-17-25(2)43(5)6/h8-10,12,14-21,24-25,29-30,33-34H,11,13,22-23H2,1-7H3,(H,40,45)(H,41,44)(H,42,48)(H,46,47)/b16-12+,19-17+/t24-,25?,29-,30+,33?,34+/m0/s1. The van der Waals surface area contributed by atoms with Gasteiger partial charge in [0.1, 0.15) is 23.9 Å². The Labute approximate surface area is 300 Å². The van der Waals surface area contributed by atoms with E-state index in [1.807, 2.05) is 44.1 Å². The Kier molecular flexibility index (Phi) is 15.1. The first-order chi connectivity index (χ1) is 23.6. The van der Waals surface area contributed by atoms with Gasteiger partial charge < -0.3 is 35.4 Å². The zero-order valence-electron chi connectivity index (χ0n) is 29.9. The summed E-state index contributed by atoms with van der Waals surface area (Å²) in [4.78, 5) is 53.4. The molecule has 11 nitrogen and oxygen atoms in total. The molecule has 1 aliphatic rings. The van der Waals surface area contributed by atoms with Gasteiger partial charge in [0, 0.05) is 19.0 Å². The van der Waals surface area contributed by atoms with Gasteiger partial charge in [-0.05, 0) is 83.0 Å². The molecule has 6 atom stereocenters. The van der Waals surface area contributed by atoms with Crippen molar-refractivity contribution in [2.45, 2.75) is 77.3 Å². The van der Waals surface area contributed by atoms with Crippen LogP contribution in [0.25, 0.3) is 0 Å². The maximum Gasteiger partial charge on any atom is 0.330 e. The number of nitrogens with one attached hydrogen (secondary N) is 3. The van der Waals surface area contributed by atoms with Crippen LogP contribution >= 0.6 is 11.6 Å². The number of likely N-dealkylation sites (N-methyl/N-ethyl adjacent to an activating group) is 1. The van der Waals surface area contributed by atoms with E-state index in [1.165, 1.54) is 19.3 Å². The minimum atomic E-state index is -1.25. The highest BCUT2D eigenvalue weighted by atomic mass is 35.5. The van der Waals surface area contributed by atoms with Crippen molar-refractivity contribution in [3.05, 3.63) is 89.0 Å². The van der Waals surface area contributed by atoms with Gasteiger partial charge in [-0.1, -0.05) is 73.2 Å². The van der Waals surface area contributed by atoms with Gasteiger partial charge >= 0.3 is 5.97 Å². The van der Waals surface area contributed by atoms with Gasteiger partial charge in [-0.2, -0.15) is 0 Å². The van der Waals surface area contributed by atoms with Crippen molar-refractivity contribution in [1.82, 2.24) is 20.9 Å². The Hall–Kier alpha value is -4.19. The van der Waals surface area contributed by atoms with Crippen LogP contribution in [-0.4, -0.2) is 85.7 Å². The number of halogens is 1. The van der Waals surface area contributed by atoms with E-state index in [0.29, 0.717) is 28.7 Å². The fraction of sp³-hybridized carbons (Fsp3) is 0.474. The highest BCUT2D eigenvalue weighted by Crippen LogP contribution is 2.44. The Morgan fingerprint density at radius 3 is 2.38 bits per heavy atom. The molecule has 0 bridgehead atoms. The SMILES string of the molecule is COc1ccc(C[C@@H](NC(=O)/C=C/CC[C@H](C)C2O[C@@H]2c2ccccc2)C(=O)NCC(C)(C)C(=O)N[C@@H](/C=C/C(C)N(C)C)C(=O)O)cc1Cl. The maximum atomic E-state index is 13.5. The van der Waals surface area contributed by atoms with Crippen molar-refractivity contribution in [3.63, 3.8) is 0 Å². The number of carbonyl (C=O) groups is 4. The quantitative estimate of drug-likeness (QED) is 0.0931. The highest BCUT2D eigenvalue weighted by molar-refractivity contribution is 6.32. The zero-order valence-corrected chi connectivity index (χ0v) is 30.7. The van der Waals surface area contributed by atoms with E-state index < -0.39 is 41.2 Å². The van der Waals surface area contributed by atoms with E-state index in [-0.39, 0.29) is 31.2 Å². The lowest BCUT2D eigenvalue weighted by Crippen LogP contribution is -2.53. The first-order valence-electron chi connectivity index (χ1n) is 16.8. The number of allylic oxidation sites excluding steroid dienone is 1. The summed E-state index contributed by atoms with van der Waals surface area (Å²) in [6.07, 6.45) is 8.19. The Balaban J connectivity index is 1.62. The fourth-order valence-electron chi connectivity index (χ4n) is 5.17. The van der Waals surface area contributed by atoms with Gasteiger partial charge in [-0.15, -0.1) is 0 Å². The number of carboxylic acids is 1. The molecule has 12 heteroatoms. The van der Waals surface area contributed by atoms with Crippen molar-refractivity contribution in [1.29, 1.82) is 0 Å². The second kappa shape index (κ2) is 18.7. The molecule has 2 unspecified atom stereocenters. The molecule has 2 aromatic rings. The van der Waals surface area contributed by atoms with Crippen LogP contribution in [0.5, 0.6) is 5.75 Å². The monoisotopic (exact) mass is 710 g/mol. The zero-order chi connectivity index (χ0) is 37.0. The highest BCUT2D eigenvalue weighted by Gasteiger charge is 2.43. The molecule has 0 saturated carbocycles. The smallest absolute Gasteiger partial charge is 0.330 e. The van der Waals surface area contributed by atoms with Crippen LogP contribution in [0, 0.1) is 11.3 Å². The summed E-state index contributed by atoms with van der Waals surface area (Å²) >= 11 is 6.33. The molecule has 3 rings (SSSR count). The lowest BCUT2D eigenvalue weighted by molar-refractivity contribution is -0.142. The summed E-state index contributed by atoms with van der Waals surface area (Å²) < 4.78 is 11.1. The molecule has 2 aromatic carbocycles. The summed E-state index contributed by atoms with van der Waals surface area (Å²) in [5.74, 6) is -1.94. The van der Waals surface area contributed by atoms with Crippen molar-refractivity contribution < 1.29 is 33.8 Å². The van der Waals surface area contributed by atoms with Crippen LogP contribution < -0.4 is 20.7 Å². The summed E-state index contributed by atoms with van der Waals surface area (Å²) in [5.41, 5.74) is 0.674. The molecule has 0 aromatic heterocycles. The predicted octanol–water partition coefficient (Wildman–Crippen LogP) is 4.71. The topological polar surface area (TPSA) is 150 Å². The molecular formula is C38H51ClN4O7. The number of aliphatic carboxylic acids is 1. The normalized spacial score (nSPS) is 18.3. The molecule has 1 fully saturated rings. The molecule has 0 spiro atoms. The predicted molar refractivity (Wildman–Crippen MR) is 194 cm³/mol. The van der Waals surface area contributed by atoms with E-state index in [4.69, 9.17) is 21.1 Å². The van der Waals surface area contributed by atoms with Crippen LogP contribution in [0.4, 0.5) is 0 Å². The third-order valence-corrected chi connectivity index (χ3v) is 9.13. The number of methoxy groups -OCH3 is 1. The number of hydrogen-bond donors (Lipinski definition) is 4. The van der Waals surface area contributed by atoms with Crippen LogP contribution in [-0.2, 0) is 30.3 Å². The number of carbonyl (C=O) groups excluding carboxylic acids is 3. The van der Waals surface area contributed by atoms with Gasteiger partial charge in [-0.3, -0.25) is 14.4 Å². The van der Waals surface area contributed by atoms with Crippen molar-refractivity contribution in [2.75, 3.05) is 27.7 Å². The molecule has 50 heavy (non-hydrogen) atoms. The lowest BCUT2D eigenvalue weighted by Gasteiger charge is -2.27. The van der Waals surface area contributed by atoms with Gasteiger partial charge in [0.2, 0.25) is 17.7 Å². The average molecular weight is 711 g/mol. The fourth-order valence-corrected chi connectivity index (χ4v) is 5.45. The number of ether oxygens (including phenoxy) is 2. The second-order valence-corrected chi connectivity index (χ2v) is 14.0. The number of epoxide rings is 1. The minimum Gasteiger partial charge on any atom is -0.495 e. The first kappa shape index (κ1) is 40.2. The van der Waals surface area contributed by atoms with E-state index in [0.717, 1.165) is 12.0 Å². The molecule has 0 aliphatic carbocycles. The molecule has 1 aliphatic heterocycles. The number of rotatable bonds is 19. The maximum absolute atomic E-state index is 13.5. The Bertz CT molecular complexity index is 1530. The number of hydrogen-bond acceptors (Lipinski definition) is 7. The van der Waals surface area contributed by atoms with Gasteiger partial charge in [-0.25, -0.2) is 4.79 Å². The lowest BCUT2D eigenvalue weighted by atomic mass is 9.91. The van der Waals surface area contributed by atoms with E-state index in [1.54, 1.807) is 44.2 Å². The number of benzene rings is 2. The Morgan fingerprint density at radius 2 is 1.76 bits per heavy atom. The van der Waals surface area contributed by atoms with Crippen molar-refractivity contribution >= 4 is 35.3 Å². The van der Waals surface area contributed by atoms with Crippen LogP contribution in [0.3, 0.4) is 0 Å². The molecule has 3 amide bonds. The number of amides is 3. The molecule has 1 saturated heterocycles. The summed E-state index contributed by atoms with van der Waals surface area (Å²) in [5, 5.41) is 18.1. The Morgan fingerprint density at radius 1 is 1.06 bits per heavy atom. The third kappa shape index (κ3) is 12.3. The number of carboxylic acid groups (broad SMARTS) is 1. The van der Waals surface area contributed by atoms with Gasteiger partial charge in [0.15, 0.2) is 0 Å². The van der Waals surface area contributed by atoms with E-state index in [2.05, 4.69) is 35.0 Å². The first-order valence-corrected chi connectivity index (χ1v) is 17.2. The van der Waals surface area contributed by atoms with Gasteiger partial charge in [0.05, 0.1) is 23.7 Å². The largest absolute Gasteiger partial charge is 0.495 e. The van der Waals surface area contributed by atoms with Crippen molar-refractivity contribution in [2.24, 2.45) is 11.3 Å². The average Bonchev–Trinajstić information content (AvgIpc) is 3.88. The summed E-state index contributed by atoms with van der Waals surface area (Å²) in [7, 11) is 5.22. The minimum absolute atomic E-state index is 0.0443. The molecule has 272 valence electrons. The van der Waals surface area contributed by atoms with E-state index >= 15 is 0 Å². The van der Waals surface area contributed by atoms with Gasteiger partial charge in [0.25, 0.3) is 0 Å². The molecule has 1 heterocycles.